The van der Waals surface area contributed by atoms with Gasteiger partial charge >= 0.3 is 41.6 Å². The van der Waals surface area contributed by atoms with E-state index in [1.165, 1.54) is 11.8 Å². The Bertz CT molecular complexity index is 1110. The zero-order chi connectivity index (χ0) is 26.1. The van der Waals surface area contributed by atoms with Crippen LogP contribution in [-0.2, 0) is 19.1 Å². The van der Waals surface area contributed by atoms with Gasteiger partial charge in [-0.3, -0.25) is 19.8 Å². The van der Waals surface area contributed by atoms with Gasteiger partial charge in [0, 0.05) is 11.1 Å². The van der Waals surface area contributed by atoms with E-state index in [0.717, 1.165) is 16.2 Å². The van der Waals surface area contributed by atoms with Crippen LogP contribution in [0, 0.1) is 5.92 Å². The monoisotopic (exact) mass is 548 g/mol. The van der Waals surface area contributed by atoms with Crippen molar-refractivity contribution >= 4 is 87.2 Å². The zero-order valence-electron chi connectivity index (χ0n) is 19.9. The molecule has 2 aliphatic rings. The summed E-state index contributed by atoms with van der Waals surface area (Å²) in [7, 11) is 0. The molecule has 0 spiro atoms. The third kappa shape index (κ3) is 6.90. The summed E-state index contributed by atoms with van der Waals surface area (Å²) in [6, 6.07) is -0.921. The maximum atomic E-state index is 13.2. The summed E-state index contributed by atoms with van der Waals surface area (Å²) in [6.45, 7) is 8.51. The summed E-state index contributed by atoms with van der Waals surface area (Å²) in [6.07, 6.45) is 1.03. The zero-order valence-corrected chi connectivity index (χ0v) is 21.6. The van der Waals surface area contributed by atoms with Crippen molar-refractivity contribution in [1.82, 2.24) is 15.2 Å². The van der Waals surface area contributed by atoms with Gasteiger partial charge in [-0.05, 0) is 32.3 Å². The number of allylic oxidation sites excluding steroid dienone is 1. The van der Waals surface area contributed by atoms with Crippen molar-refractivity contribution in [3.8, 4) is 0 Å². The predicted molar refractivity (Wildman–Crippen MR) is 139 cm³/mol. The summed E-state index contributed by atoms with van der Waals surface area (Å²) in [5.74, 6) is -2.19. The van der Waals surface area contributed by atoms with Crippen LogP contribution in [0.2, 0.25) is 0 Å². The van der Waals surface area contributed by atoms with Gasteiger partial charge in [-0.2, -0.15) is 0 Å². The molecule has 4 N–H and O–H groups in total. The molecule has 0 aromatic carbocycles. The number of thiazole rings is 1. The standard InChI is InChI=1S/C22H28N4O7S2.Na.H/c1-10(2)6-12(13-9-35-20(23-13)25-21(32)33-22(3,4)5)16(28)24-14-17(29)26-15(19(30)31)11(7-27)8-34-18(14)26;;/h6,9-10,14,18,27H,7-8H2,1-5H3,(H,24,28)(H,30,31)(H,23,25,32);;/b12-6+;;/t14-,18-;;/m1../s1. The molecule has 3 amide bonds. The molecule has 1 fully saturated rings. The third-order valence-electron chi connectivity index (χ3n) is 4.86. The van der Waals surface area contributed by atoms with Gasteiger partial charge in [0.1, 0.15) is 22.7 Å². The summed E-state index contributed by atoms with van der Waals surface area (Å²) >= 11 is 2.39. The number of rotatable bonds is 7. The average molecular weight is 549 g/mol. The SMILES string of the molecule is CC(C)/C=C(/C(=O)N[C@@H]1C(=O)N2C(C(=O)O)=C(CO)CS[C@H]12)c1csc(NC(=O)OC(C)(C)C)n1.[NaH]. The number of anilines is 1. The van der Waals surface area contributed by atoms with Crippen molar-refractivity contribution in [1.29, 1.82) is 0 Å². The first kappa shape index (κ1) is 30.3. The number of nitrogens with zero attached hydrogens (tertiary/aromatic N) is 2. The second-order valence-electron chi connectivity index (χ2n) is 9.27. The van der Waals surface area contributed by atoms with Gasteiger partial charge in [0.2, 0.25) is 0 Å². The molecule has 192 valence electrons. The number of β-lactam (4-membered cyclic amide) rings is 1. The van der Waals surface area contributed by atoms with Gasteiger partial charge in [0.15, 0.2) is 5.13 Å². The van der Waals surface area contributed by atoms with Gasteiger partial charge in [-0.15, -0.1) is 23.1 Å². The van der Waals surface area contributed by atoms with Crippen molar-refractivity contribution in [2.24, 2.45) is 5.92 Å². The Hall–Kier alpha value is -1.90. The number of aliphatic carboxylic acids is 1. The third-order valence-corrected chi connectivity index (χ3v) is 6.96. The Labute approximate surface area is 239 Å². The fraction of sp³-hybridized carbons (Fsp3) is 0.500. The van der Waals surface area contributed by atoms with Crippen molar-refractivity contribution in [3.05, 3.63) is 28.4 Å². The van der Waals surface area contributed by atoms with Crippen LogP contribution in [0.3, 0.4) is 0 Å². The molecule has 1 aromatic rings. The molecule has 0 unspecified atom stereocenters. The molecule has 0 bridgehead atoms. The number of hydrogen-bond donors (Lipinski definition) is 4. The van der Waals surface area contributed by atoms with Crippen molar-refractivity contribution in [2.45, 2.75) is 51.6 Å². The van der Waals surface area contributed by atoms with E-state index >= 15 is 0 Å². The van der Waals surface area contributed by atoms with Crippen LogP contribution in [0.1, 0.15) is 40.3 Å². The molecule has 0 radical (unpaired) electrons. The van der Waals surface area contributed by atoms with Gasteiger partial charge in [0.25, 0.3) is 11.8 Å². The van der Waals surface area contributed by atoms with Crippen LogP contribution in [0.15, 0.2) is 22.7 Å². The molecule has 3 heterocycles. The molecular weight excluding hydrogens is 519 g/mol. The molecule has 0 saturated carbocycles. The van der Waals surface area contributed by atoms with Crippen LogP contribution >= 0.6 is 23.1 Å². The summed E-state index contributed by atoms with van der Waals surface area (Å²) in [4.78, 5) is 55.0. The predicted octanol–water partition coefficient (Wildman–Crippen LogP) is 1.61. The second kappa shape index (κ2) is 12.1. The van der Waals surface area contributed by atoms with Gasteiger partial charge in [-0.25, -0.2) is 14.6 Å². The van der Waals surface area contributed by atoms with Crippen molar-refractivity contribution < 1.29 is 34.1 Å². The van der Waals surface area contributed by atoms with E-state index in [4.69, 9.17) is 4.74 Å². The van der Waals surface area contributed by atoms with Gasteiger partial charge in [0.05, 0.1) is 17.9 Å². The van der Waals surface area contributed by atoms with E-state index in [9.17, 15) is 29.4 Å². The Morgan fingerprint density at radius 3 is 2.56 bits per heavy atom. The van der Waals surface area contributed by atoms with E-state index < -0.39 is 47.5 Å². The van der Waals surface area contributed by atoms with Gasteiger partial charge in [-0.1, -0.05) is 19.9 Å². The number of ether oxygens (including phenoxy) is 1. The van der Waals surface area contributed by atoms with E-state index in [1.807, 2.05) is 13.8 Å². The van der Waals surface area contributed by atoms with Crippen LogP contribution in [-0.4, -0.2) is 103 Å². The molecule has 1 aromatic heterocycles. The molecule has 0 aliphatic carbocycles. The van der Waals surface area contributed by atoms with E-state index in [-0.39, 0.29) is 63.2 Å². The molecule has 3 rings (SSSR count). The van der Waals surface area contributed by atoms with Crippen molar-refractivity contribution in [3.63, 3.8) is 0 Å². The number of aliphatic hydroxyl groups is 1. The molecule has 11 nitrogen and oxygen atoms in total. The maximum absolute atomic E-state index is 13.2. The quantitative estimate of drug-likeness (QED) is 0.226. The molecule has 2 atom stereocenters. The Balaban J connectivity index is 0.00000456. The number of aromatic nitrogens is 1. The van der Waals surface area contributed by atoms with Gasteiger partial charge < -0.3 is 20.3 Å². The molecule has 36 heavy (non-hydrogen) atoms. The number of carbonyl (C=O) groups excluding carboxylic acids is 3. The van der Waals surface area contributed by atoms with Crippen LogP contribution in [0.4, 0.5) is 9.93 Å². The Morgan fingerprint density at radius 1 is 1.33 bits per heavy atom. The minimum absolute atomic E-state index is 0. The van der Waals surface area contributed by atoms with Crippen LogP contribution in [0.5, 0.6) is 0 Å². The Kier molecular flexibility index (Phi) is 10.2. The van der Waals surface area contributed by atoms with E-state index in [0.29, 0.717) is 5.69 Å². The molecule has 2 aliphatic heterocycles. The molecule has 1 saturated heterocycles. The number of hydrogen-bond acceptors (Lipinski definition) is 9. The van der Waals surface area contributed by atoms with E-state index in [1.54, 1.807) is 32.2 Å². The first-order valence-electron chi connectivity index (χ1n) is 10.8. The summed E-state index contributed by atoms with van der Waals surface area (Å²) in [5.41, 5.74) is -0.112. The normalized spacial score (nSPS) is 19.8. The minimum atomic E-state index is -1.30. The number of nitrogens with one attached hydrogen (secondary N) is 2. The molecule has 14 heteroatoms. The first-order valence-corrected chi connectivity index (χ1v) is 12.7. The summed E-state index contributed by atoms with van der Waals surface area (Å²) < 4.78 is 5.22. The number of fused-ring (bicyclic) bond motifs is 1. The Morgan fingerprint density at radius 2 is 2.00 bits per heavy atom. The molecular formula is C22H29N4NaO7S2. The topological polar surface area (TPSA) is 158 Å². The number of thioether (sulfide) groups is 1. The first-order chi connectivity index (χ1) is 16.3. The number of carboxylic acid groups (broad SMARTS) is 1. The number of carbonyl (C=O) groups is 4. The fourth-order valence-corrected chi connectivity index (χ4v) is 5.51. The summed E-state index contributed by atoms with van der Waals surface area (Å²) in [5, 5.41) is 25.4. The van der Waals surface area contributed by atoms with Crippen molar-refractivity contribution in [2.75, 3.05) is 17.7 Å². The average Bonchev–Trinajstić information content (AvgIpc) is 3.20. The number of aliphatic hydroxyl groups excluding tert-OH is 1. The van der Waals surface area contributed by atoms with E-state index in [2.05, 4.69) is 15.6 Å². The number of amides is 3. The van der Waals surface area contributed by atoms with Crippen LogP contribution < -0.4 is 10.6 Å². The fourth-order valence-electron chi connectivity index (χ4n) is 3.48. The number of carboxylic acids is 1. The van der Waals surface area contributed by atoms with Crippen LogP contribution in [0.25, 0.3) is 5.57 Å². The second-order valence-corrected chi connectivity index (χ2v) is 11.2.